The highest BCUT2D eigenvalue weighted by Crippen LogP contribution is 2.09. The minimum atomic E-state index is -1.46. The number of nitriles is 1. The van der Waals surface area contributed by atoms with E-state index in [0.29, 0.717) is 5.56 Å². The van der Waals surface area contributed by atoms with Crippen molar-refractivity contribution in [2.24, 2.45) is 5.92 Å². The maximum Gasteiger partial charge on any atom is 0.251 e. The molecule has 2 amide bonds. The number of amides is 2. The van der Waals surface area contributed by atoms with Crippen molar-refractivity contribution in [2.45, 2.75) is 19.4 Å². The van der Waals surface area contributed by atoms with Gasteiger partial charge in [0, 0.05) is 24.2 Å². The fourth-order valence-corrected chi connectivity index (χ4v) is 2.28. The normalized spacial score (nSPS) is 12.3. The van der Waals surface area contributed by atoms with Gasteiger partial charge in [0.25, 0.3) is 11.8 Å². The summed E-state index contributed by atoms with van der Waals surface area (Å²) >= 11 is 0. The van der Waals surface area contributed by atoms with Crippen LogP contribution in [0.15, 0.2) is 54.7 Å². The zero-order valence-electron chi connectivity index (χ0n) is 14.2. The summed E-state index contributed by atoms with van der Waals surface area (Å²) in [5.74, 6) is -2.83. The van der Waals surface area contributed by atoms with Crippen LogP contribution in [0.5, 0.6) is 0 Å². The second-order valence-corrected chi connectivity index (χ2v) is 5.68. The second kappa shape index (κ2) is 9.08. The first-order chi connectivity index (χ1) is 12.5. The maximum atomic E-state index is 12.3. The molecule has 0 radical (unpaired) electrons. The summed E-state index contributed by atoms with van der Waals surface area (Å²) in [6.45, 7) is 1.64. The van der Waals surface area contributed by atoms with Crippen molar-refractivity contribution in [3.63, 3.8) is 0 Å². The predicted molar refractivity (Wildman–Crippen MR) is 95.0 cm³/mol. The molecular formula is C19H18N4O3. The van der Waals surface area contributed by atoms with Gasteiger partial charge in [-0.15, -0.1) is 0 Å². The number of anilines is 1. The molecule has 0 bridgehead atoms. The summed E-state index contributed by atoms with van der Waals surface area (Å²) in [7, 11) is 0. The highest BCUT2D eigenvalue weighted by molar-refractivity contribution is 6.09. The molecule has 2 atom stereocenters. The standard InChI is InChI=1S/C19H18N4O3/c1-13(22-18(25)14-7-3-2-4-8-14)11-16(24)15(12-20)19(26)23-17-9-5-6-10-21-17/h2-10,13,15H,11H2,1H3,(H,22,25)(H,21,23,26). The molecule has 0 saturated heterocycles. The van der Waals surface area contributed by atoms with Crippen LogP contribution in [-0.4, -0.2) is 28.6 Å². The Hall–Kier alpha value is -3.53. The third-order valence-electron chi connectivity index (χ3n) is 3.55. The molecule has 2 aromatic rings. The predicted octanol–water partition coefficient (Wildman–Crippen LogP) is 1.94. The molecule has 0 saturated carbocycles. The van der Waals surface area contributed by atoms with Crippen molar-refractivity contribution in [3.8, 4) is 6.07 Å². The third-order valence-corrected chi connectivity index (χ3v) is 3.55. The van der Waals surface area contributed by atoms with Crippen LogP contribution in [0.1, 0.15) is 23.7 Å². The quantitative estimate of drug-likeness (QED) is 0.741. The number of aromatic nitrogens is 1. The fourth-order valence-electron chi connectivity index (χ4n) is 2.28. The minimum absolute atomic E-state index is 0.133. The number of ketones is 1. The maximum absolute atomic E-state index is 12.3. The second-order valence-electron chi connectivity index (χ2n) is 5.68. The summed E-state index contributed by atoms with van der Waals surface area (Å²) in [5.41, 5.74) is 0.469. The zero-order chi connectivity index (χ0) is 18.9. The van der Waals surface area contributed by atoms with Crippen molar-refractivity contribution < 1.29 is 14.4 Å². The van der Waals surface area contributed by atoms with E-state index in [1.54, 1.807) is 61.5 Å². The lowest BCUT2D eigenvalue weighted by molar-refractivity contribution is -0.129. The number of nitrogens with zero attached hydrogens (tertiary/aromatic N) is 2. The molecule has 7 nitrogen and oxygen atoms in total. The minimum Gasteiger partial charge on any atom is -0.349 e. The lowest BCUT2D eigenvalue weighted by atomic mass is 9.99. The number of hydrogen-bond acceptors (Lipinski definition) is 5. The van der Waals surface area contributed by atoms with Crippen molar-refractivity contribution in [3.05, 3.63) is 60.3 Å². The van der Waals surface area contributed by atoms with Gasteiger partial charge in [0.1, 0.15) is 5.82 Å². The van der Waals surface area contributed by atoms with Gasteiger partial charge in [-0.25, -0.2) is 4.98 Å². The van der Waals surface area contributed by atoms with Crippen LogP contribution in [0.25, 0.3) is 0 Å². The first-order valence-electron chi connectivity index (χ1n) is 8.01. The number of benzene rings is 1. The molecule has 2 unspecified atom stereocenters. The Morgan fingerprint density at radius 2 is 1.81 bits per heavy atom. The molecule has 1 heterocycles. The lowest BCUT2D eigenvalue weighted by Gasteiger charge is -2.15. The Morgan fingerprint density at radius 1 is 1.12 bits per heavy atom. The van der Waals surface area contributed by atoms with Gasteiger partial charge in [0.2, 0.25) is 0 Å². The summed E-state index contributed by atoms with van der Waals surface area (Å²) in [6.07, 6.45) is 1.35. The van der Waals surface area contributed by atoms with Crippen LogP contribution >= 0.6 is 0 Å². The van der Waals surface area contributed by atoms with E-state index in [9.17, 15) is 19.6 Å². The van der Waals surface area contributed by atoms with E-state index in [1.807, 2.05) is 0 Å². The van der Waals surface area contributed by atoms with Gasteiger partial charge >= 0.3 is 0 Å². The Bertz CT molecular complexity index is 816. The van der Waals surface area contributed by atoms with Crippen LogP contribution in [0, 0.1) is 17.2 Å². The van der Waals surface area contributed by atoms with Gasteiger partial charge in [0.05, 0.1) is 6.07 Å². The van der Waals surface area contributed by atoms with E-state index in [4.69, 9.17) is 0 Å². The summed E-state index contributed by atoms with van der Waals surface area (Å²) in [4.78, 5) is 40.4. The summed E-state index contributed by atoms with van der Waals surface area (Å²) in [5, 5.41) is 14.3. The van der Waals surface area contributed by atoms with Crippen LogP contribution in [0.2, 0.25) is 0 Å². The Balaban J connectivity index is 1.92. The zero-order valence-corrected chi connectivity index (χ0v) is 14.2. The molecule has 1 aromatic heterocycles. The van der Waals surface area contributed by atoms with Crippen molar-refractivity contribution in [1.29, 1.82) is 5.26 Å². The van der Waals surface area contributed by atoms with Gasteiger partial charge < -0.3 is 10.6 Å². The van der Waals surface area contributed by atoms with Crippen LogP contribution in [-0.2, 0) is 9.59 Å². The monoisotopic (exact) mass is 350 g/mol. The van der Waals surface area contributed by atoms with Crippen molar-refractivity contribution in [1.82, 2.24) is 10.3 Å². The molecule has 2 rings (SSSR count). The number of pyridine rings is 1. The molecule has 0 spiro atoms. The topological polar surface area (TPSA) is 112 Å². The first kappa shape index (κ1) is 18.8. The number of carbonyl (C=O) groups is 3. The molecule has 1 aromatic carbocycles. The summed E-state index contributed by atoms with van der Waals surface area (Å²) in [6, 6.07) is 14.7. The molecule has 7 heteroatoms. The van der Waals surface area contributed by atoms with Gasteiger partial charge in [-0.2, -0.15) is 5.26 Å². The third kappa shape index (κ3) is 5.24. The number of carbonyl (C=O) groups excluding carboxylic acids is 3. The Kier molecular flexibility index (Phi) is 6.57. The molecule has 0 aliphatic carbocycles. The highest BCUT2D eigenvalue weighted by Gasteiger charge is 2.28. The van der Waals surface area contributed by atoms with E-state index in [-0.39, 0.29) is 18.1 Å². The SMILES string of the molecule is CC(CC(=O)C(C#N)C(=O)Nc1ccccn1)NC(=O)c1ccccc1. The van der Waals surface area contributed by atoms with Crippen LogP contribution < -0.4 is 10.6 Å². The van der Waals surface area contributed by atoms with Crippen LogP contribution in [0.4, 0.5) is 5.82 Å². The number of hydrogen-bond donors (Lipinski definition) is 2. The van der Waals surface area contributed by atoms with Crippen LogP contribution in [0.3, 0.4) is 0 Å². The van der Waals surface area contributed by atoms with Gasteiger partial charge in [-0.1, -0.05) is 24.3 Å². The molecule has 0 aliphatic rings. The number of rotatable bonds is 7. The largest absolute Gasteiger partial charge is 0.349 e. The average molecular weight is 350 g/mol. The van der Waals surface area contributed by atoms with E-state index >= 15 is 0 Å². The van der Waals surface area contributed by atoms with E-state index in [0.717, 1.165) is 0 Å². The Morgan fingerprint density at radius 3 is 2.42 bits per heavy atom. The summed E-state index contributed by atoms with van der Waals surface area (Å²) < 4.78 is 0. The van der Waals surface area contributed by atoms with Crippen molar-refractivity contribution >= 4 is 23.4 Å². The van der Waals surface area contributed by atoms with E-state index in [2.05, 4.69) is 15.6 Å². The van der Waals surface area contributed by atoms with Gasteiger partial charge in [0.15, 0.2) is 11.7 Å². The average Bonchev–Trinajstić information content (AvgIpc) is 2.63. The highest BCUT2D eigenvalue weighted by atomic mass is 16.2. The van der Waals surface area contributed by atoms with E-state index in [1.165, 1.54) is 6.20 Å². The first-order valence-corrected chi connectivity index (χ1v) is 8.01. The number of nitrogens with one attached hydrogen (secondary N) is 2. The van der Waals surface area contributed by atoms with Crippen molar-refractivity contribution in [2.75, 3.05) is 5.32 Å². The smallest absolute Gasteiger partial charge is 0.251 e. The van der Waals surface area contributed by atoms with Gasteiger partial charge in [-0.05, 0) is 31.2 Å². The molecule has 2 N–H and O–H groups in total. The van der Waals surface area contributed by atoms with E-state index < -0.39 is 23.7 Å². The molecule has 132 valence electrons. The molecule has 0 aliphatic heterocycles. The lowest BCUT2D eigenvalue weighted by Crippen LogP contribution is -2.37. The fraction of sp³-hybridized carbons (Fsp3) is 0.211. The molecule has 0 fully saturated rings. The Labute approximate surface area is 151 Å². The number of Topliss-reactive ketones (excluding diaryl/α,β-unsaturated/α-hetero) is 1. The van der Waals surface area contributed by atoms with Gasteiger partial charge in [-0.3, -0.25) is 14.4 Å². The molecule has 26 heavy (non-hydrogen) atoms. The molecular weight excluding hydrogens is 332 g/mol.